The van der Waals surface area contributed by atoms with E-state index in [9.17, 15) is 4.79 Å². The first kappa shape index (κ1) is 14.5. The van der Waals surface area contributed by atoms with E-state index in [4.69, 9.17) is 0 Å². The molecule has 0 unspecified atom stereocenters. The number of pyridine rings is 1. The Hall–Kier alpha value is -1.88. The number of halogens is 1. The van der Waals surface area contributed by atoms with Crippen molar-refractivity contribution in [1.29, 1.82) is 0 Å². The van der Waals surface area contributed by atoms with Crippen LogP contribution >= 0.6 is 15.9 Å². The van der Waals surface area contributed by atoms with Gasteiger partial charge in [0.1, 0.15) is 5.82 Å². The molecule has 104 valence electrons. The van der Waals surface area contributed by atoms with Gasteiger partial charge in [0.15, 0.2) is 0 Å². The van der Waals surface area contributed by atoms with E-state index < -0.39 is 0 Å². The lowest BCUT2D eigenvalue weighted by Gasteiger charge is -2.07. The fraction of sp³-hybridized carbons (Fsp3) is 0.200. The van der Waals surface area contributed by atoms with Gasteiger partial charge in [-0.25, -0.2) is 4.98 Å². The summed E-state index contributed by atoms with van der Waals surface area (Å²) in [6.07, 6.45) is 1.99. The van der Waals surface area contributed by atoms with E-state index in [0.29, 0.717) is 12.1 Å². The maximum Gasteiger partial charge on any atom is 0.228 e. The summed E-state index contributed by atoms with van der Waals surface area (Å²) in [5, 5.41) is 5.94. The van der Waals surface area contributed by atoms with Crippen LogP contribution in [0.3, 0.4) is 0 Å². The second-order valence-electron chi connectivity index (χ2n) is 4.32. The zero-order chi connectivity index (χ0) is 14.4. The fourth-order valence-corrected chi connectivity index (χ4v) is 2.24. The number of nitrogens with one attached hydrogen (secondary N) is 2. The number of nitrogens with zero attached hydrogens (tertiary/aromatic N) is 1. The van der Waals surface area contributed by atoms with E-state index >= 15 is 0 Å². The van der Waals surface area contributed by atoms with Gasteiger partial charge in [-0.3, -0.25) is 4.79 Å². The Morgan fingerprint density at radius 3 is 2.80 bits per heavy atom. The summed E-state index contributed by atoms with van der Waals surface area (Å²) in [6, 6.07) is 11.4. The first-order valence-corrected chi connectivity index (χ1v) is 7.21. The SMILES string of the molecule is CCNc1ccc(NC(=O)Cc2cccc(Br)c2)cn1. The highest BCUT2D eigenvalue weighted by atomic mass is 79.9. The summed E-state index contributed by atoms with van der Waals surface area (Å²) in [5.41, 5.74) is 1.67. The molecule has 0 aliphatic heterocycles. The van der Waals surface area contributed by atoms with Crippen LogP contribution in [0.15, 0.2) is 47.1 Å². The van der Waals surface area contributed by atoms with E-state index in [-0.39, 0.29) is 5.91 Å². The lowest BCUT2D eigenvalue weighted by Crippen LogP contribution is -2.14. The predicted octanol–water partition coefficient (Wildman–Crippen LogP) is 3.46. The lowest BCUT2D eigenvalue weighted by atomic mass is 10.1. The van der Waals surface area contributed by atoms with Crippen molar-refractivity contribution < 1.29 is 4.79 Å². The summed E-state index contributed by atoms with van der Waals surface area (Å²) in [6.45, 7) is 2.83. The van der Waals surface area contributed by atoms with Crippen LogP contribution in [0.25, 0.3) is 0 Å². The Bertz CT molecular complexity index is 584. The smallest absolute Gasteiger partial charge is 0.228 e. The minimum absolute atomic E-state index is 0.0545. The summed E-state index contributed by atoms with van der Waals surface area (Å²) < 4.78 is 0.972. The Morgan fingerprint density at radius 1 is 1.30 bits per heavy atom. The molecule has 1 aromatic heterocycles. The van der Waals surface area contributed by atoms with Crippen LogP contribution in [0, 0.1) is 0 Å². The van der Waals surface area contributed by atoms with Crippen molar-refractivity contribution in [3.8, 4) is 0 Å². The van der Waals surface area contributed by atoms with Crippen LogP contribution in [0.1, 0.15) is 12.5 Å². The third kappa shape index (κ3) is 4.35. The van der Waals surface area contributed by atoms with Crippen molar-refractivity contribution in [3.63, 3.8) is 0 Å². The van der Waals surface area contributed by atoms with Gasteiger partial charge in [-0.15, -0.1) is 0 Å². The summed E-state index contributed by atoms with van der Waals surface area (Å²) in [4.78, 5) is 16.1. The predicted molar refractivity (Wildman–Crippen MR) is 84.9 cm³/mol. The Balaban J connectivity index is 1.94. The molecule has 0 aliphatic rings. The summed E-state index contributed by atoms with van der Waals surface area (Å²) in [5.74, 6) is 0.749. The van der Waals surface area contributed by atoms with Crippen molar-refractivity contribution in [2.75, 3.05) is 17.2 Å². The Kier molecular flexibility index (Phi) is 5.12. The number of rotatable bonds is 5. The largest absolute Gasteiger partial charge is 0.370 e. The van der Waals surface area contributed by atoms with Crippen molar-refractivity contribution >= 4 is 33.3 Å². The normalized spacial score (nSPS) is 10.1. The molecular formula is C15H16BrN3O. The molecule has 0 aliphatic carbocycles. The second-order valence-corrected chi connectivity index (χ2v) is 5.23. The zero-order valence-electron chi connectivity index (χ0n) is 11.2. The van der Waals surface area contributed by atoms with Gasteiger partial charge in [0, 0.05) is 11.0 Å². The highest BCUT2D eigenvalue weighted by Gasteiger charge is 2.05. The van der Waals surface area contributed by atoms with Gasteiger partial charge in [-0.1, -0.05) is 28.1 Å². The third-order valence-electron chi connectivity index (χ3n) is 2.66. The van der Waals surface area contributed by atoms with Crippen LogP contribution < -0.4 is 10.6 Å². The van der Waals surface area contributed by atoms with Crippen molar-refractivity contribution in [2.24, 2.45) is 0 Å². The molecule has 2 N–H and O–H groups in total. The molecule has 1 amide bonds. The Labute approximate surface area is 126 Å². The number of hydrogen-bond donors (Lipinski definition) is 2. The molecular weight excluding hydrogens is 318 g/mol. The molecule has 0 saturated heterocycles. The summed E-state index contributed by atoms with van der Waals surface area (Å²) in [7, 11) is 0. The van der Waals surface area contributed by atoms with Gasteiger partial charge in [-0.2, -0.15) is 0 Å². The number of amides is 1. The molecule has 0 fully saturated rings. The van der Waals surface area contributed by atoms with Gasteiger partial charge in [0.05, 0.1) is 18.3 Å². The number of carbonyl (C=O) groups excluding carboxylic acids is 1. The van der Waals surface area contributed by atoms with Crippen LogP contribution in [-0.2, 0) is 11.2 Å². The zero-order valence-corrected chi connectivity index (χ0v) is 12.8. The van der Waals surface area contributed by atoms with Crippen LogP contribution in [0.5, 0.6) is 0 Å². The standard InChI is InChI=1S/C15H16BrN3O/c1-2-17-14-7-6-13(10-18-14)19-15(20)9-11-4-3-5-12(16)8-11/h3-8,10H,2,9H2,1H3,(H,17,18)(H,19,20). The van der Waals surface area contributed by atoms with E-state index in [0.717, 1.165) is 22.4 Å². The van der Waals surface area contributed by atoms with Crippen LogP contribution in [0.2, 0.25) is 0 Å². The number of hydrogen-bond acceptors (Lipinski definition) is 3. The maximum atomic E-state index is 11.9. The summed E-state index contributed by atoms with van der Waals surface area (Å²) >= 11 is 3.39. The van der Waals surface area contributed by atoms with Crippen LogP contribution in [-0.4, -0.2) is 17.4 Å². The van der Waals surface area contributed by atoms with Gasteiger partial charge in [0.25, 0.3) is 0 Å². The molecule has 0 saturated carbocycles. The monoisotopic (exact) mass is 333 g/mol. The second kappa shape index (κ2) is 7.05. The maximum absolute atomic E-state index is 11.9. The first-order valence-electron chi connectivity index (χ1n) is 6.41. The van der Waals surface area contributed by atoms with Gasteiger partial charge >= 0.3 is 0 Å². The highest BCUT2D eigenvalue weighted by molar-refractivity contribution is 9.10. The molecule has 0 atom stereocenters. The Morgan fingerprint density at radius 2 is 2.15 bits per heavy atom. The quantitative estimate of drug-likeness (QED) is 0.880. The number of aromatic nitrogens is 1. The molecule has 0 radical (unpaired) electrons. The molecule has 2 rings (SSSR count). The topological polar surface area (TPSA) is 54.0 Å². The van der Waals surface area contributed by atoms with E-state index in [1.54, 1.807) is 6.20 Å². The molecule has 5 heteroatoms. The van der Waals surface area contributed by atoms with Crippen molar-refractivity contribution in [1.82, 2.24) is 4.98 Å². The average Bonchev–Trinajstić information content (AvgIpc) is 2.41. The molecule has 0 spiro atoms. The van der Waals surface area contributed by atoms with E-state index in [1.807, 2.05) is 43.3 Å². The molecule has 0 bridgehead atoms. The minimum Gasteiger partial charge on any atom is -0.370 e. The van der Waals surface area contributed by atoms with Gasteiger partial charge in [-0.05, 0) is 36.8 Å². The van der Waals surface area contributed by atoms with E-state index in [2.05, 4.69) is 31.5 Å². The van der Waals surface area contributed by atoms with Crippen LogP contribution in [0.4, 0.5) is 11.5 Å². The highest BCUT2D eigenvalue weighted by Crippen LogP contribution is 2.13. The number of anilines is 2. The fourth-order valence-electron chi connectivity index (χ4n) is 1.79. The molecule has 4 nitrogen and oxygen atoms in total. The lowest BCUT2D eigenvalue weighted by molar-refractivity contribution is -0.115. The molecule has 1 heterocycles. The molecule has 20 heavy (non-hydrogen) atoms. The molecule has 2 aromatic rings. The average molecular weight is 334 g/mol. The van der Waals surface area contributed by atoms with Crippen molar-refractivity contribution in [2.45, 2.75) is 13.3 Å². The molecule has 1 aromatic carbocycles. The van der Waals surface area contributed by atoms with Gasteiger partial charge in [0.2, 0.25) is 5.91 Å². The van der Waals surface area contributed by atoms with Gasteiger partial charge < -0.3 is 10.6 Å². The first-order chi connectivity index (χ1) is 9.67. The van der Waals surface area contributed by atoms with Crippen molar-refractivity contribution in [3.05, 3.63) is 52.6 Å². The minimum atomic E-state index is -0.0545. The van der Waals surface area contributed by atoms with E-state index in [1.165, 1.54) is 0 Å². The number of benzene rings is 1. The number of carbonyl (C=O) groups is 1. The third-order valence-corrected chi connectivity index (χ3v) is 3.15.